The zero-order valence-corrected chi connectivity index (χ0v) is 7.25. The first-order valence-electron chi connectivity index (χ1n) is 4.38. The second-order valence-electron chi connectivity index (χ2n) is 3.47. The summed E-state index contributed by atoms with van der Waals surface area (Å²) in [5.74, 6) is 0.581. The molecule has 2 rings (SSSR count). The molecule has 12 heavy (non-hydrogen) atoms. The van der Waals surface area contributed by atoms with Crippen molar-refractivity contribution in [3.05, 3.63) is 29.8 Å². The number of benzene rings is 1. The first-order valence-corrected chi connectivity index (χ1v) is 4.38. The standard InChI is InChI=1S/C10H14N2/c1-7-6-10(11)12-9-5-3-2-4-8(7)9/h2-5,7,10,12H,6,11H2,1H3. The molecule has 2 heteroatoms. The summed E-state index contributed by atoms with van der Waals surface area (Å²) in [5.41, 5.74) is 8.41. The molecule has 1 aromatic rings. The number of nitrogens with one attached hydrogen (secondary N) is 1. The zero-order valence-electron chi connectivity index (χ0n) is 7.25. The van der Waals surface area contributed by atoms with Crippen LogP contribution in [0.5, 0.6) is 0 Å². The van der Waals surface area contributed by atoms with Crippen molar-refractivity contribution in [1.82, 2.24) is 0 Å². The topological polar surface area (TPSA) is 38.0 Å². The summed E-state index contributed by atoms with van der Waals surface area (Å²) in [6.07, 6.45) is 1.15. The van der Waals surface area contributed by atoms with Crippen LogP contribution in [0.4, 0.5) is 5.69 Å². The van der Waals surface area contributed by atoms with E-state index in [0.29, 0.717) is 5.92 Å². The molecule has 0 saturated carbocycles. The Morgan fingerprint density at radius 3 is 3.00 bits per heavy atom. The van der Waals surface area contributed by atoms with E-state index in [-0.39, 0.29) is 6.17 Å². The summed E-state index contributed by atoms with van der Waals surface area (Å²) in [7, 11) is 0. The molecule has 1 aliphatic heterocycles. The summed E-state index contributed by atoms with van der Waals surface area (Å²) < 4.78 is 0. The maximum absolute atomic E-state index is 5.83. The second-order valence-corrected chi connectivity index (χ2v) is 3.47. The molecule has 0 saturated heterocycles. The van der Waals surface area contributed by atoms with Crippen LogP contribution in [0.1, 0.15) is 24.8 Å². The van der Waals surface area contributed by atoms with Crippen molar-refractivity contribution in [3.63, 3.8) is 0 Å². The van der Waals surface area contributed by atoms with Gasteiger partial charge in [0.05, 0.1) is 6.17 Å². The Bertz CT molecular complexity index is 283. The van der Waals surface area contributed by atoms with Crippen LogP contribution in [-0.2, 0) is 0 Å². The minimum atomic E-state index is 0.120. The monoisotopic (exact) mass is 162 g/mol. The molecule has 2 unspecified atom stereocenters. The number of para-hydroxylation sites is 1. The van der Waals surface area contributed by atoms with Crippen LogP contribution in [0.2, 0.25) is 0 Å². The van der Waals surface area contributed by atoms with E-state index in [1.807, 2.05) is 6.07 Å². The van der Waals surface area contributed by atoms with Crippen LogP contribution < -0.4 is 11.1 Å². The number of fused-ring (bicyclic) bond motifs is 1. The molecule has 2 nitrogen and oxygen atoms in total. The van der Waals surface area contributed by atoms with Crippen molar-refractivity contribution in [2.24, 2.45) is 5.73 Å². The lowest BCUT2D eigenvalue weighted by molar-refractivity contribution is 0.573. The largest absolute Gasteiger partial charge is 0.370 e. The third-order valence-electron chi connectivity index (χ3n) is 2.44. The van der Waals surface area contributed by atoms with E-state index in [1.165, 1.54) is 11.3 Å². The molecule has 0 radical (unpaired) electrons. The quantitative estimate of drug-likeness (QED) is 0.611. The Morgan fingerprint density at radius 1 is 1.42 bits per heavy atom. The Labute approximate surface area is 72.8 Å². The fraction of sp³-hybridized carbons (Fsp3) is 0.400. The Morgan fingerprint density at radius 2 is 2.17 bits per heavy atom. The highest BCUT2D eigenvalue weighted by Crippen LogP contribution is 2.31. The van der Waals surface area contributed by atoms with Crippen molar-refractivity contribution in [2.75, 3.05) is 5.32 Å². The van der Waals surface area contributed by atoms with E-state index >= 15 is 0 Å². The maximum atomic E-state index is 5.83. The van der Waals surface area contributed by atoms with Gasteiger partial charge in [-0.15, -0.1) is 0 Å². The van der Waals surface area contributed by atoms with Crippen molar-refractivity contribution in [1.29, 1.82) is 0 Å². The lowest BCUT2D eigenvalue weighted by Gasteiger charge is -2.28. The fourth-order valence-electron chi connectivity index (χ4n) is 1.82. The second kappa shape index (κ2) is 2.79. The molecule has 0 aromatic heterocycles. The number of anilines is 1. The van der Waals surface area contributed by atoms with Crippen LogP contribution in [0, 0.1) is 0 Å². The highest BCUT2D eigenvalue weighted by Gasteiger charge is 2.19. The van der Waals surface area contributed by atoms with Crippen LogP contribution in [0.3, 0.4) is 0 Å². The number of nitrogens with two attached hydrogens (primary N) is 1. The lowest BCUT2D eigenvalue weighted by Crippen LogP contribution is -2.34. The van der Waals surface area contributed by atoms with Crippen LogP contribution >= 0.6 is 0 Å². The molecule has 0 amide bonds. The molecule has 2 atom stereocenters. The van der Waals surface area contributed by atoms with Gasteiger partial charge in [0.1, 0.15) is 0 Å². The van der Waals surface area contributed by atoms with Gasteiger partial charge in [-0.25, -0.2) is 0 Å². The van der Waals surface area contributed by atoms with Gasteiger partial charge in [0, 0.05) is 5.69 Å². The van der Waals surface area contributed by atoms with Crippen molar-refractivity contribution in [3.8, 4) is 0 Å². The third kappa shape index (κ3) is 1.18. The predicted molar refractivity (Wildman–Crippen MR) is 51.1 cm³/mol. The van der Waals surface area contributed by atoms with Gasteiger partial charge in [-0.05, 0) is 24.0 Å². The van der Waals surface area contributed by atoms with E-state index in [4.69, 9.17) is 5.73 Å². The molecule has 1 aromatic carbocycles. The molecule has 3 N–H and O–H groups in total. The molecule has 1 aliphatic rings. The lowest BCUT2D eigenvalue weighted by atomic mass is 9.91. The van der Waals surface area contributed by atoms with Gasteiger partial charge in [0.2, 0.25) is 0 Å². The normalized spacial score (nSPS) is 27.5. The van der Waals surface area contributed by atoms with E-state index in [2.05, 4.69) is 30.4 Å². The highest BCUT2D eigenvalue weighted by atomic mass is 15.0. The van der Waals surface area contributed by atoms with Gasteiger partial charge >= 0.3 is 0 Å². The summed E-state index contributed by atoms with van der Waals surface area (Å²) in [4.78, 5) is 0. The van der Waals surface area contributed by atoms with Gasteiger partial charge in [0.25, 0.3) is 0 Å². The summed E-state index contributed by atoms with van der Waals surface area (Å²) in [6.45, 7) is 2.22. The van der Waals surface area contributed by atoms with Crippen molar-refractivity contribution < 1.29 is 0 Å². The third-order valence-corrected chi connectivity index (χ3v) is 2.44. The van der Waals surface area contributed by atoms with Crippen LogP contribution in [-0.4, -0.2) is 6.17 Å². The molecule has 0 aliphatic carbocycles. The molecule has 1 heterocycles. The Kier molecular flexibility index (Phi) is 1.77. The fourth-order valence-corrected chi connectivity index (χ4v) is 1.82. The highest BCUT2D eigenvalue weighted by molar-refractivity contribution is 5.55. The number of rotatable bonds is 0. The summed E-state index contributed by atoms with van der Waals surface area (Å²) in [6, 6.07) is 8.37. The van der Waals surface area contributed by atoms with Crippen LogP contribution in [0.25, 0.3) is 0 Å². The van der Waals surface area contributed by atoms with Crippen molar-refractivity contribution in [2.45, 2.75) is 25.4 Å². The minimum Gasteiger partial charge on any atom is -0.370 e. The molecular weight excluding hydrogens is 148 g/mol. The minimum absolute atomic E-state index is 0.120. The SMILES string of the molecule is CC1CC(N)Nc2ccccc21. The number of hydrogen-bond donors (Lipinski definition) is 2. The molecule has 0 bridgehead atoms. The first-order chi connectivity index (χ1) is 5.77. The predicted octanol–water partition coefficient (Wildman–Crippen LogP) is 1.89. The zero-order chi connectivity index (χ0) is 8.55. The Balaban J connectivity index is 2.40. The van der Waals surface area contributed by atoms with Gasteiger partial charge < -0.3 is 11.1 Å². The smallest absolute Gasteiger partial charge is 0.0748 e. The van der Waals surface area contributed by atoms with Crippen molar-refractivity contribution >= 4 is 5.69 Å². The molecule has 0 fully saturated rings. The van der Waals surface area contributed by atoms with Gasteiger partial charge in [-0.2, -0.15) is 0 Å². The van der Waals surface area contributed by atoms with E-state index in [9.17, 15) is 0 Å². The van der Waals surface area contributed by atoms with E-state index in [1.54, 1.807) is 0 Å². The van der Waals surface area contributed by atoms with Gasteiger partial charge in [0.15, 0.2) is 0 Å². The Hall–Kier alpha value is -1.02. The average molecular weight is 162 g/mol. The van der Waals surface area contributed by atoms with E-state index < -0.39 is 0 Å². The molecule has 0 spiro atoms. The van der Waals surface area contributed by atoms with Gasteiger partial charge in [-0.1, -0.05) is 25.1 Å². The first kappa shape index (κ1) is 7.62. The average Bonchev–Trinajstić information content (AvgIpc) is 2.04. The van der Waals surface area contributed by atoms with E-state index in [0.717, 1.165) is 6.42 Å². The molecule has 64 valence electrons. The maximum Gasteiger partial charge on any atom is 0.0748 e. The van der Waals surface area contributed by atoms with Crippen LogP contribution in [0.15, 0.2) is 24.3 Å². The summed E-state index contributed by atoms with van der Waals surface area (Å²) >= 11 is 0. The number of hydrogen-bond acceptors (Lipinski definition) is 2. The summed E-state index contributed by atoms with van der Waals surface area (Å²) in [5, 5.41) is 3.27. The van der Waals surface area contributed by atoms with Gasteiger partial charge in [-0.3, -0.25) is 0 Å². The molecular formula is C10H14N2.